The molecule has 0 aliphatic carbocycles. The Morgan fingerprint density at radius 3 is 1.22 bits per heavy atom. The predicted molar refractivity (Wildman–Crippen MR) is 333 cm³/mol. The maximum absolute atomic E-state index is 4.59. The summed E-state index contributed by atoms with van der Waals surface area (Å²) in [6.07, 6.45) is 3.91. The molecule has 0 saturated carbocycles. The van der Waals surface area contributed by atoms with Crippen molar-refractivity contribution >= 4 is 135 Å². The van der Waals surface area contributed by atoms with E-state index in [4.69, 9.17) is 0 Å². The van der Waals surface area contributed by atoms with E-state index in [1.807, 2.05) is 35.1 Å². The summed E-state index contributed by atoms with van der Waals surface area (Å²) in [5.74, 6) is 0. The second-order valence-electron chi connectivity index (χ2n) is 20.2. The van der Waals surface area contributed by atoms with Gasteiger partial charge < -0.3 is 9.13 Å². The number of para-hydroxylation sites is 3. The molecule has 0 atom stereocenters. The van der Waals surface area contributed by atoms with Gasteiger partial charge in [-0.25, -0.2) is 0 Å². The van der Waals surface area contributed by atoms with Gasteiger partial charge in [0.15, 0.2) is 8.07 Å². The molecule has 0 unspecified atom stereocenters. The Bertz CT molecular complexity index is 4660. The first-order valence-corrected chi connectivity index (χ1v) is 29.9. The van der Waals surface area contributed by atoms with Gasteiger partial charge in [-0.1, -0.05) is 176 Å². The van der Waals surface area contributed by atoms with E-state index in [0.29, 0.717) is 0 Å². The first-order chi connectivity index (χ1) is 38.2. The standard InChI is InChI=1S/C71H45N3S2Si/c1-5-17-50(18-6-1)73-62-28-14-13-25-54(62)57-41-46(31-35-63(57)73)48-33-37-66-59(43-48)55-26-15-29-68(70(55)75-66)77(52-21-9-3-10-22-52,53-23-11-4-12-24-53)69-30-16-27-56-60-44-49(34-38-67(60)76-71(56)69)47-32-36-64-58(42-47)61-45-72-40-39-65(61)74(64)51-19-7-2-8-20-51/h1-45H. The van der Waals surface area contributed by atoms with Crippen molar-refractivity contribution in [2.45, 2.75) is 0 Å². The number of fused-ring (bicyclic) bond motifs is 12. The lowest BCUT2D eigenvalue weighted by Crippen LogP contribution is -2.74. The molecule has 16 rings (SSSR count). The SMILES string of the molecule is c1ccc(-n2c3ccccc3c3cc(-c4ccc5sc6c([Si](c7ccccc7)(c7ccccc7)c7cccc8c7sc7ccc(-c9ccc%10c(c9)c9cnccc9n%10-c9ccccc9)cc78)cccc6c5c4)ccc32)cc1. The Hall–Kier alpha value is -9.17. The average Bonchev–Trinajstić information content (AvgIpc) is 4.48. The first kappa shape index (κ1) is 44.2. The molecule has 0 aliphatic rings. The van der Waals surface area contributed by atoms with Crippen LogP contribution in [0.1, 0.15) is 0 Å². The van der Waals surface area contributed by atoms with Crippen molar-refractivity contribution < 1.29 is 0 Å². The number of hydrogen-bond donors (Lipinski definition) is 0. The van der Waals surface area contributed by atoms with Gasteiger partial charge in [0.25, 0.3) is 0 Å². The van der Waals surface area contributed by atoms with Gasteiger partial charge in [0.2, 0.25) is 0 Å². The molecule has 5 aromatic heterocycles. The normalized spacial score (nSPS) is 12.2. The van der Waals surface area contributed by atoms with Gasteiger partial charge in [-0.3, -0.25) is 4.98 Å². The molecule has 5 heterocycles. The number of hydrogen-bond acceptors (Lipinski definition) is 3. The van der Waals surface area contributed by atoms with Crippen molar-refractivity contribution in [2.75, 3.05) is 0 Å². The van der Waals surface area contributed by atoms with Crippen molar-refractivity contribution in [1.82, 2.24) is 14.1 Å². The van der Waals surface area contributed by atoms with E-state index in [9.17, 15) is 0 Å². The third kappa shape index (κ3) is 6.69. The molecule has 0 saturated heterocycles. The Labute approximate surface area is 453 Å². The molecular formula is C71H45N3S2Si. The first-order valence-electron chi connectivity index (χ1n) is 26.2. The molecule has 11 aromatic carbocycles. The minimum atomic E-state index is -3.06. The van der Waals surface area contributed by atoms with Gasteiger partial charge in [-0.2, -0.15) is 0 Å². The summed E-state index contributed by atoms with van der Waals surface area (Å²) in [4.78, 5) is 4.59. The highest BCUT2D eigenvalue weighted by Gasteiger charge is 2.44. The van der Waals surface area contributed by atoms with E-state index in [0.717, 1.165) is 16.6 Å². The zero-order valence-corrected chi connectivity index (χ0v) is 44.3. The molecule has 0 radical (unpaired) electrons. The summed E-state index contributed by atoms with van der Waals surface area (Å²) in [6, 6.07) is 97.7. The number of pyridine rings is 1. The van der Waals surface area contributed by atoms with E-state index >= 15 is 0 Å². The van der Waals surface area contributed by atoms with Crippen molar-refractivity contribution in [3.05, 3.63) is 273 Å². The highest BCUT2D eigenvalue weighted by molar-refractivity contribution is 7.33. The van der Waals surface area contributed by atoms with Crippen LogP contribution in [0.15, 0.2) is 273 Å². The summed E-state index contributed by atoms with van der Waals surface area (Å²) in [5.41, 5.74) is 11.9. The van der Waals surface area contributed by atoms with Crippen LogP contribution >= 0.6 is 22.7 Å². The lowest BCUT2D eigenvalue weighted by molar-refractivity contribution is 1.17. The summed E-state index contributed by atoms with van der Waals surface area (Å²) in [6.45, 7) is 0. The Kier molecular flexibility index (Phi) is 10.0. The zero-order chi connectivity index (χ0) is 50.6. The largest absolute Gasteiger partial charge is 0.309 e. The van der Waals surface area contributed by atoms with Gasteiger partial charge in [0.1, 0.15) is 0 Å². The Balaban J connectivity index is 0.878. The molecule has 0 N–H and O–H groups in total. The van der Waals surface area contributed by atoms with Crippen LogP contribution in [-0.4, -0.2) is 22.2 Å². The Morgan fingerprint density at radius 2 is 0.701 bits per heavy atom. The number of benzene rings is 11. The number of rotatable bonds is 8. The second kappa shape index (κ2) is 17.4. The molecule has 0 aliphatic heterocycles. The van der Waals surface area contributed by atoms with Crippen LogP contribution < -0.4 is 20.7 Å². The molecule has 0 amide bonds. The molecule has 0 fully saturated rings. The van der Waals surface area contributed by atoms with E-state index in [1.54, 1.807) is 0 Å². The van der Waals surface area contributed by atoms with Crippen LogP contribution in [0.5, 0.6) is 0 Å². The smallest absolute Gasteiger partial charge is 0.182 e. The minimum Gasteiger partial charge on any atom is -0.309 e. The molecule has 77 heavy (non-hydrogen) atoms. The summed E-state index contributed by atoms with van der Waals surface area (Å²) >= 11 is 3.89. The molecule has 0 spiro atoms. The fourth-order valence-corrected chi connectivity index (χ4v) is 21.1. The van der Waals surface area contributed by atoms with Crippen LogP contribution in [0.2, 0.25) is 0 Å². The Morgan fingerprint density at radius 1 is 0.299 bits per heavy atom. The van der Waals surface area contributed by atoms with Crippen LogP contribution in [0.3, 0.4) is 0 Å². The van der Waals surface area contributed by atoms with Crippen molar-refractivity contribution in [1.29, 1.82) is 0 Å². The van der Waals surface area contributed by atoms with Crippen molar-refractivity contribution in [3.8, 4) is 33.6 Å². The van der Waals surface area contributed by atoms with E-state index in [1.165, 1.54) is 122 Å². The van der Waals surface area contributed by atoms with Gasteiger partial charge in [0, 0.05) is 85.7 Å². The van der Waals surface area contributed by atoms with Crippen LogP contribution in [0, 0.1) is 0 Å². The van der Waals surface area contributed by atoms with Gasteiger partial charge in [-0.15, -0.1) is 22.7 Å². The lowest BCUT2D eigenvalue weighted by Gasteiger charge is -2.35. The summed E-state index contributed by atoms with van der Waals surface area (Å²) in [5, 5.41) is 15.7. The predicted octanol–water partition coefficient (Wildman–Crippen LogP) is 16.7. The maximum atomic E-state index is 4.59. The van der Waals surface area contributed by atoms with E-state index in [-0.39, 0.29) is 0 Å². The van der Waals surface area contributed by atoms with Gasteiger partial charge in [0.05, 0.1) is 22.1 Å². The summed E-state index contributed by atoms with van der Waals surface area (Å²) in [7, 11) is -3.06. The molecule has 0 bridgehead atoms. The second-order valence-corrected chi connectivity index (χ2v) is 26.0. The number of thiophene rings is 2. The monoisotopic (exact) mass is 1030 g/mol. The van der Waals surface area contributed by atoms with Crippen molar-refractivity contribution in [3.63, 3.8) is 0 Å². The van der Waals surface area contributed by atoms with Gasteiger partial charge >= 0.3 is 0 Å². The maximum Gasteiger partial charge on any atom is 0.182 e. The highest BCUT2D eigenvalue weighted by atomic mass is 32.1. The molecule has 360 valence electrons. The molecule has 16 aromatic rings. The molecule has 3 nitrogen and oxygen atoms in total. The third-order valence-electron chi connectivity index (χ3n) is 16.1. The number of aromatic nitrogens is 3. The lowest BCUT2D eigenvalue weighted by atomic mass is 10.0. The van der Waals surface area contributed by atoms with E-state index in [2.05, 4.69) is 275 Å². The molecular weight excluding hydrogens is 987 g/mol. The quantitative estimate of drug-likeness (QED) is 0.110. The fraction of sp³-hybridized carbons (Fsp3) is 0. The number of nitrogens with zero attached hydrogens (tertiary/aromatic N) is 3. The third-order valence-corrected chi connectivity index (χ3v) is 23.8. The molecule has 6 heteroatoms. The summed E-state index contributed by atoms with van der Waals surface area (Å²) < 4.78 is 10.1. The van der Waals surface area contributed by atoms with Crippen LogP contribution in [0.25, 0.3) is 118 Å². The van der Waals surface area contributed by atoms with Gasteiger partial charge in [-0.05, 0) is 128 Å². The topological polar surface area (TPSA) is 22.8 Å². The van der Waals surface area contributed by atoms with Crippen molar-refractivity contribution in [2.24, 2.45) is 0 Å². The van der Waals surface area contributed by atoms with Crippen LogP contribution in [-0.2, 0) is 0 Å². The van der Waals surface area contributed by atoms with Crippen LogP contribution in [0.4, 0.5) is 0 Å². The highest BCUT2D eigenvalue weighted by Crippen LogP contribution is 2.42. The zero-order valence-electron chi connectivity index (χ0n) is 41.6. The average molecular weight is 1030 g/mol. The minimum absolute atomic E-state index is 1.14. The van der Waals surface area contributed by atoms with E-state index < -0.39 is 8.07 Å². The fourth-order valence-electron chi connectivity index (χ4n) is 12.8.